The minimum absolute atomic E-state index is 0.0274. The Kier molecular flexibility index (Phi) is 3.67. The molecule has 0 bridgehead atoms. The molecular formula is C13H6F4N2O2. The average Bonchev–Trinajstić information content (AvgIpc) is 2.81. The van der Waals surface area contributed by atoms with E-state index in [0.29, 0.717) is 4.57 Å². The summed E-state index contributed by atoms with van der Waals surface area (Å²) in [6, 6.07) is 4.28. The summed E-state index contributed by atoms with van der Waals surface area (Å²) in [7, 11) is 0. The second-order valence-corrected chi connectivity index (χ2v) is 3.85. The van der Waals surface area contributed by atoms with Gasteiger partial charge in [0.25, 0.3) is 0 Å². The van der Waals surface area contributed by atoms with Gasteiger partial charge in [0, 0.05) is 17.8 Å². The molecule has 1 aromatic carbocycles. The molecule has 4 nitrogen and oxygen atoms in total. The van der Waals surface area contributed by atoms with Crippen molar-refractivity contribution in [3.63, 3.8) is 0 Å². The van der Waals surface area contributed by atoms with Crippen molar-refractivity contribution < 1.29 is 27.5 Å². The molecule has 0 amide bonds. The Hall–Kier alpha value is -2.82. The van der Waals surface area contributed by atoms with Gasteiger partial charge in [-0.1, -0.05) is 0 Å². The average molecular weight is 298 g/mol. The molecule has 8 heteroatoms. The van der Waals surface area contributed by atoms with Crippen molar-refractivity contribution in [3.8, 4) is 17.5 Å². The fraction of sp³-hybridized carbons (Fsp3) is 0.0769. The molecule has 0 saturated heterocycles. The third kappa shape index (κ3) is 3.39. The van der Waals surface area contributed by atoms with Crippen LogP contribution in [0.25, 0.3) is 5.69 Å². The molecule has 2 rings (SSSR count). The minimum Gasteiger partial charge on any atom is -0.472 e. The molecule has 108 valence electrons. The Bertz CT molecular complexity index is 736. The highest BCUT2D eigenvalue weighted by atomic mass is 19.4. The first kappa shape index (κ1) is 14.6. The summed E-state index contributed by atoms with van der Waals surface area (Å²) in [6.45, 7) is 0. The van der Waals surface area contributed by atoms with Gasteiger partial charge in [0.05, 0.1) is 0 Å². The number of hydrogen-bond donors (Lipinski definition) is 1. The number of halogens is 4. The van der Waals surface area contributed by atoms with Crippen LogP contribution in [0.15, 0.2) is 30.5 Å². The number of rotatable bonds is 1. The molecule has 0 aliphatic rings. The van der Waals surface area contributed by atoms with E-state index >= 15 is 0 Å². The van der Waals surface area contributed by atoms with Gasteiger partial charge in [-0.05, 0) is 30.2 Å². The zero-order valence-corrected chi connectivity index (χ0v) is 10.1. The quantitative estimate of drug-likeness (QED) is 0.650. The van der Waals surface area contributed by atoms with E-state index in [2.05, 4.69) is 4.98 Å². The molecule has 0 atom stereocenters. The summed E-state index contributed by atoms with van der Waals surface area (Å²) in [5.41, 5.74) is -0.325. The third-order valence-corrected chi connectivity index (χ3v) is 2.36. The van der Waals surface area contributed by atoms with Gasteiger partial charge >= 0.3 is 12.1 Å². The molecule has 0 spiro atoms. The van der Waals surface area contributed by atoms with Crippen molar-refractivity contribution in [3.05, 3.63) is 47.8 Å². The highest BCUT2D eigenvalue weighted by Gasteiger charge is 2.37. The van der Waals surface area contributed by atoms with Crippen LogP contribution in [0.2, 0.25) is 0 Å². The molecule has 21 heavy (non-hydrogen) atoms. The SMILES string of the molecule is O=C(O)C#Cc1cn(-c2ccc(F)cc2)c(C(F)(F)F)n1. The van der Waals surface area contributed by atoms with Crippen LogP contribution < -0.4 is 0 Å². The zero-order valence-electron chi connectivity index (χ0n) is 10.1. The van der Waals surface area contributed by atoms with Crippen molar-refractivity contribution >= 4 is 5.97 Å². The van der Waals surface area contributed by atoms with Crippen LogP contribution in [-0.4, -0.2) is 20.6 Å². The lowest BCUT2D eigenvalue weighted by Crippen LogP contribution is -2.13. The van der Waals surface area contributed by atoms with Crippen molar-refractivity contribution in [2.75, 3.05) is 0 Å². The molecule has 0 aliphatic heterocycles. The van der Waals surface area contributed by atoms with Gasteiger partial charge in [-0.2, -0.15) is 13.2 Å². The molecular weight excluding hydrogens is 292 g/mol. The zero-order chi connectivity index (χ0) is 15.6. The van der Waals surface area contributed by atoms with Crippen LogP contribution in [0.1, 0.15) is 11.5 Å². The molecule has 1 heterocycles. The van der Waals surface area contributed by atoms with Gasteiger partial charge in [0.2, 0.25) is 5.82 Å². The van der Waals surface area contributed by atoms with E-state index in [1.165, 1.54) is 0 Å². The standard InChI is InChI=1S/C13H6F4N2O2/c14-8-1-4-10(5-2-8)19-7-9(3-6-11(20)21)18-12(19)13(15,16)17/h1-2,4-5,7H,(H,20,21). The Morgan fingerprint density at radius 3 is 2.38 bits per heavy atom. The smallest absolute Gasteiger partial charge is 0.450 e. The van der Waals surface area contributed by atoms with Crippen LogP contribution in [0.5, 0.6) is 0 Å². The number of nitrogens with zero attached hydrogens (tertiary/aromatic N) is 2. The topological polar surface area (TPSA) is 55.1 Å². The predicted octanol–water partition coefficient (Wildman–Crippen LogP) is 2.47. The normalized spacial score (nSPS) is 10.9. The molecule has 0 fully saturated rings. The van der Waals surface area contributed by atoms with E-state index in [4.69, 9.17) is 5.11 Å². The lowest BCUT2D eigenvalue weighted by atomic mass is 10.3. The van der Waals surface area contributed by atoms with E-state index in [9.17, 15) is 22.4 Å². The molecule has 0 saturated carbocycles. The van der Waals surface area contributed by atoms with Crippen molar-refractivity contribution in [1.82, 2.24) is 9.55 Å². The van der Waals surface area contributed by atoms with Crippen molar-refractivity contribution in [2.45, 2.75) is 6.18 Å². The minimum atomic E-state index is -4.77. The summed E-state index contributed by atoms with van der Waals surface area (Å²) in [5, 5.41) is 8.39. The molecule has 0 radical (unpaired) electrons. The van der Waals surface area contributed by atoms with Crippen molar-refractivity contribution in [2.24, 2.45) is 0 Å². The number of hydrogen-bond acceptors (Lipinski definition) is 2. The van der Waals surface area contributed by atoms with Crippen molar-refractivity contribution in [1.29, 1.82) is 0 Å². The summed E-state index contributed by atoms with van der Waals surface area (Å²) < 4.78 is 52.2. The highest BCUT2D eigenvalue weighted by Crippen LogP contribution is 2.30. The number of imidazole rings is 1. The first-order chi connectivity index (χ1) is 9.77. The Balaban J connectivity index is 2.56. The number of carboxylic acid groups (broad SMARTS) is 1. The summed E-state index contributed by atoms with van der Waals surface area (Å²) in [5.74, 6) is 0.321. The monoisotopic (exact) mass is 298 g/mol. The van der Waals surface area contributed by atoms with Crippen LogP contribution in [0.4, 0.5) is 17.6 Å². The van der Waals surface area contributed by atoms with Gasteiger partial charge in [-0.3, -0.25) is 4.57 Å². The number of carbonyl (C=O) groups is 1. The van der Waals surface area contributed by atoms with Gasteiger partial charge < -0.3 is 5.11 Å². The number of alkyl halides is 3. The van der Waals surface area contributed by atoms with Gasteiger partial charge in [0.1, 0.15) is 11.5 Å². The van der Waals surface area contributed by atoms with E-state index in [1.54, 1.807) is 5.92 Å². The summed E-state index contributed by atoms with van der Waals surface area (Å²) in [4.78, 5) is 13.6. The largest absolute Gasteiger partial charge is 0.472 e. The van der Waals surface area contributed by atoms with E-state index in [0.717, 1.165) is 30.5 Å². The number of carboxylic acids is 1. The second-order valence-electron chi connectivity index (χ2n) is 3.85. The predicted molar refractivity (Wildman–Crippen MR) is 63.0 cm³/mol. The molecule has 1 aromatic heterocycles. The van der Waals surface area contributed by atoms with E-state index in [1.807, 2.05) is 5.92 Å². The first-order valence-corrected chi connectivity index (χ1v) is 5.45. The lowest BCUT2D eigenvalue weighted by molar-refractivity contribution is -0.146. The molecule has 0 aliphatic carbocycles. The summed E-state index contributed by atoms with van der Waals surface area (Å²) >= 11 is 0. The fourth-order valence-corrected chi connectivity index (χ4v) is 1.56. The Morgan fingerprint density at radius 1 is 1.24 bits per heavy atom. The first-order valence-electron chi connectivity index (χ1n) is 5.45. The van der Waals surface area contributed by atoms with Gasteiger partial charge in [-0.15, -0.1) is 0 Å². The maximum absolute atomic E-state index is 12.9. The number of aromatic nitrogens is 2. The van der Waals surface area contributed by atoms with E-state index < -0.39 is 23.8 Å². The van der Waals surface area contributed by atoms with Crippen LogP contribution in [-0.2, 0) is 11.0 Å². The number of aliphatic carboxylic acids is 1. The van der Waals surface area contributed by atoms with Gasteiger partial charge in [0.15, 0.2) is 0 Å². The molecule has 2 aromatic rings. The Labute approximate surface area is 115 Å². The van der Waals surface area contributed by atoms with Gasteiger partial charge in [-0.25, -0.2) is 14.2 Å². The lowest BCUT2D eigenvalue weighted by Gasteiger charge is -2.09. The Morgan fingerprint density at radius 2 is 1.86 bits per heavy atom. The maximum Gasteiger partial charge on any atom is 0.450 e. The summed E-state index contributed by atoms with van der Waals surface area (Å²) in [6.07, 6.45) is -3.83. The van der Waals surface area contributed by atoms with Crippen LogP contribution in [0.3, 0.4) is 0 Å². The fourth-order valence-electron chi connectivity index (χ4n) is 1.56. The third-order valence-electron chi connectivity index (χ3n) is 2.36. The molecule has 0 unspecified atom stereocenters. The second kappa shape index (κ2) is 5.28. The highest BCUT2D eigenvalue weighted by molar-refractivity contribution is 5.87. The van der Waals surface area contributed by atoms with Crippen LogP contribution >= 0.6 is 0 Å². The molecule has 1 N–H and O–H groups in total. The maximum atomic E-state index is 12.9. The van der Waals surface area contributed by atoms with Crippen LogP contribution in [0, 0.1) is 17.7 Å². The van der Waals surface area contributed by atoms with E-state index in [-0.39, 0.29) is 11.4 Å². The number of benzene rings is 1.